The molecule has 1 aromatic rings. The van der Waals surface area contributed by atoms with Gasteiger partial charge >= 0.3 is 6.03 Å². The number of nitrogens with zero attached hydrogens (tertiary/aromatic N) is 1. The van der Waals surface area contributed by atoms with Crippen molar-refractivity contribution < 1.29 is 14.3 Å². The Balaban J connectivity index is 1.66. The van der Waals surface area contributed by atoms with Crippen molar-refractivity contribution in [2.75, 3.05) is 17.3 Å². The first-order chi connectivity index (χ1) is 11.0. The summed E-state index contributed by atoms with van der Waals surface area (Å²) >= 11 is 0. The zero-order valence-corrected chi connectivity index (χ0v) is 13.6. The highest BCUT2D eigenvalue weighted by Crippen LogP contribution is 2.35. The largest absolute Gasteiger partial charge is 0.479 e. The summed E-state index contributed by atoms with van der Waals surface area (Å²) in [5.74, 6) is 0.531. The van der Waals surface area contributed by atoms with Gasteiger partial charge in [-0.3, -0.25) is 4.79 Å². The molecule has 6 heteroatoms. The van der Waals surface area contributed by atoms with E-state index in [9.17, 15) is 9.59 Å². The lowest BCUT2D eigenvalue weighted by atomic mass is 9.96. The molecule has 1 unspecified atom stereocenters. The van der Waals surface area contributed by atoms with Crippen LogP contribution in [0.2, 0.25) is 0 Å². The number of rotatable bonds is 2. The van der Waals surface area contributed by atoms with Gasteiger partial charge in [-0.15, -0.1) is 0 Å². The van der Waals surface area contributed by atoms with Crippen molar-refractivity contribution in [3.05, 3.63) is 18.2 Å². The predicted octanol–water partition coefficient (Wildman–Crippen LogP) is 2.88. The van der Waals surface area contributed by atoms with Crippen LogP contribution in [0.25, 0.3) is 0 Å². The first-order valence-electron chi connectivity index (χ1n) is 8.20. The third-order valence-electron chi connectivity index (χ3n) is 4.50. The molecule has 6 nitrogen and oxygen atoms in total. The van der Waals surface area contributed by atoms with E-state index in [0.717, 1.165) is 12.8 Å². The highest BCUT2D eigenvalue weighted by Gasteiger charge is 2.29. The number of carbonyl (C=O) groups is 2. The Hall–Kier alpha value is -2.24. The van der Waals surface area contributed by atoms with Gasteiger partial charge in [-0.05, 0) is 31.9 Å². The summed E-state index contributed by atoms with van der Waals surface area (Å²) in [6.07, 6.45) is 5.19. The van der Waals surface area contributed by atoms with Gasteiger partial charge in [0.25, 0.3) is 5.91 Å². The van der Waals surface area contributed by atoms with Crippen molar-refractivity contribution >= 4 is 23.3 Å². The van der Waals surface area contributed by atoms with Crippen LogP contribution in [0.4, 0.5) is 16.2 Å². The number of urea groups is 1. The van der Waals surface area contributed by atoms with E-state index in [-0.39, 0.29) is 18.0 Å². The number of ether oxygens (including phenoxy) is 1. The molecular weight excluding hydrogens is 294 g/mol. The van der Waals surface area contributed by atoms with E-state index in [1.54, 1.807) is 37.1 Å². The van der Waals surface area contributed by atoms with E-state index in [4.69, 9.17) is 4.74 Å². The Morgan fingerprint density at radius 1 is 1.26 bits per heavy atom. The van der Waals surface area contributed by atoms with Crippen LogP contribution in [0.3, 0.4) is 0 Å². The molecular formula is C17H23N3O3. The van der Waals surface area contributed by atoms with E-state index in [1.807, 2.05) is 0 Å². The molecule has 2 aliphatic rings. The van der Waals surface area contributed by atoms with Gasteiger partial charge in [-0.1, -0.05) is 19.3 Å². The van der Waals surface area contributed by atoms with Gasteiger partial charge in [0.05, 0.1) is 5.69 Å². The number of carbonyl (C=O) groups excluding carboxylic acids is 2. The van der Waals surface area contributed by atoms with Gasteiger partial charge in [0, 0.05) is 24.8 Å². The van der Waals surface area contributed by atoms with E-state index in [2.05, 4.69) is 10.6 Å². The van der Waals surface area contributed by atoms with E-state index in [1.165, 1.54) is 19.3 Å². The molecule has 0 saturated heterocycles. The fourth-order valence-electron chi connectivity index (χ4n) is 3.20. The number of fused-ring (bicyclic) bond motifs is 1. The summed E-state index contributed by atoms with van der Waals surface area (Å²) in [6, 6.07) is 5.40. The van der Waals surface area contributed by atoms with Crippen molar-refractivity contribution in [1.82, 2.24) is 5.32 Å². The fraction of sp³-hybridized carbons (Fsp3) is 0.529. The molecule has 1 fully saturated rings. The first-order valence-corrected chi connectivity index (χ1v) is 8.20. The lowest BCUT2D eigenvalue weighted by Crippen LogP contribution is -2.42. The van der Waals surface area contributed by atoms with Gasteiger partial charge < -0.3 is 20.3 Å². The minimum Gasteiger partial charge on any atom is -0.479 e. The van der Waals surface area contributed by atoms with Crippen LogP contribution in [-0.2, 0) is 4.79 Å². The number of amides is 3. The maximum atomic E-state index is 12.1. The number of nitrogens with one attached hydrogen (secondary N) is 2. The smallest absolute Gasteiger partial charge is 0.319 e. The van der Waals surface area contributed by atoms with Crippen molar-refractivity contribution in [3.63, 3.8) is 0 Å². The molecule has 124 valence electrons. The van der Waals surface area contributed by atoms with E-state index in [0.29, 0.717) is 17.1 Å². The second-order valence-electron chi connectivity index (χ2n) is 6.27. The number of hydrogen-bond acceptors (Lipinski definition) is 3. The maximum absolute atomic E-state index is 12.1. The fourth-order valence-corrected chi connectivity index (χ4v) is 3.20. The average Bonchev–Trinajstić information content (AvgIpc) is 2.53. The lowest BCUT2D eigenvalue weighted by Gasteiger charge is -2.30. The zero-order chi connectivity index (χ0) is 16.4. The molecule has 0 bridgehead atoms. The SMILES string of the molecule is CC1Oc2cc(NC(=O)NC3CCCCC3)ccc2N(C)C1=O. The number of likely N-dealkylation sites (N-methyl/N-ethyl adjacent to an activating group) is 1. The quantitative estimate of drug-likeness (QED) is 0.881. The van der Waals surface area contributed by atoms with Gasteiger partial charge in [-0.2, -0.15) is 0 Å². The normalized spacial score (nSPS) is 21.4. The summed E-state index contributed by atoms with van der Waals surface area (Å²) in [5.41, 5.74) is 1.37. The second kappa shape index (κ2) is 6.48. The standard InChI is InChI=1S/C17H23N3O3/c1-11-16(21)20(2)14-9-8-13(10-15(14)23-11)19-17(22)18-12-6-4-3-5-7-12/h8-12H,3-7H2,1-2H3,(H2,18,19,22). The van der Waals surface area contributed by atoms with Crippen LogP contribution >= 0.6 is 0 Å². The topological polar surface area (TPSA) is 70.7 Å². The average molecular weight is 317 g/mol. The molecule has 1 aliphatic heterocycles. The lowest BCUT2D eigenvalue weighted by molar-refractivity contribution is -0.125. The number of hydrogen-bond donors (Lipinski definition) is 2. The summed E-state index contributed by atoms with van der Waals surface area (Å²) in [5, 5.41) is 5.86. The van der Waals surface area contributed by atoms with E-state index >= 15 is 0 Å². The summed E-state index contributed by atoms with van der Waals surface area (Å²) < 4.78 is 5.62. The van der Waals surface area contributed by atoms with Crippen LogP contribution in [0, 0.1) is 0 Å². The molecule has 1 aromatic carbocycles. The van der Waals surface area contributed by atoms with Gasteiger partial charge in [0.1, 0.15) is 5.75 Å². The van der Waals surface area contributed by atoms with E-state index < -0.39 is 6.10 Å². The van der Waals surface area contributed by atoms with Crippen LogP contribution in [0.5, 0.6) is 5.75 Å². The molecule has 3 rings (SSSR count). The minimum atomic E-state index is -0.515. The van der Waals surface area contributed by atoms with Crippen molar-refractivity contribution in [3.8, 4) is 5.75 Å². The molecule has 23 heavy (non-hydrogen) atoms. The third-order valence-corrected chi connectivity index (χ3v) is 4.50. The van der Waals surface area contributed by atoms with Crippen LogP contribution < -0.4 is 20.3 Å². The van der Waals surface area contributed by atoms with Gasteiger partial charge in [0.15, 0.2) is 6.10 Å². The molecule has 1 atom stereocenters. The van der Waals surface area contributed by atoms with Crippen LogP contribution in [0.15, 0.2) is 18.2 Å². The zero-order valence-electron chi connectivity index (χ0n) is 13.6. The molecule has 0 aromatic heterocycles. The molecule has 0 spiro atoms. The number of benzene rings is 1. The maximum Gasteiger partial charge on any atom is 0.319 e. The highest BCUT2D eigenvalue weighted by atomic mass is 16.5. The molecule has 1 saturated carbocycles. The summed E-state index contributed by atoms with van der Waals surface area (Å²) in [4.78, 5) is 25.6. The molecule has 1 heterocycles. The second-order valence-corrected chi connectivity index (χ2v) is 6.27. The Bertz CT molecular complexity index is 611. The third kappa shape index (κ3) is 3.41. The Kier molecular flexibility index (Phi) is 4.41. The molecule has 0 radical (unpaired) electrons. The molecule has 1 aliphatic carbocycles. The van der Waals surface area contributed by atoms with Crippen LogP contribution in [-0.4, -0.2) is 31.1 Å². The Morgan fingerprint density at radius 2 is 2.00 bits per heavy atom. The predicted molar refractivity (Wildman–Crippen MR) is 89.0 cm³/mol. The van der Waals surface area contributed by atoms with Gasteiger partial charge in [-0.25, -0.2) is 4.79 Å². The minimum absolute atomic E-state index is 0.0757. The first kappa shape index (κ1) is 15.6. The summed E-state index contributed by atoms with van der Waals surface area (Å²) in [7, 11) is 1.73. The monoisotopic (exact) mass is 317 g/mol. The Morgan fingerprint density at radius 3 is 2.74 bits per heavy atom. The van der Waals surface area contributed by atoms with Crippen molar-refractivity contribution in [2.45, 2.75) is 51.2 Å². The Labute approximate surface area is 136 Å². The number of anilines is 2. The molecule has 3 amide bonds. The van der Waals surface area contributed by atoms with Crippen molar-refractivity contribution in [2.24, 2.45) is 0 Å². The van der Waals surface area contributed by atoms with Crippen molar-refractivity contribution in [1.29, 1.82) is 0 Å². The van der Waals surface area contributed by atoms with Crippen LogP contribution in [0.1, 0.15) is 39.0 Å². The van der Waals surface area contributed by atoms with Gasteiger partial charge in [0.2, 0.25) is 0 Å². The molecule has 2 N–H and O–H groups in total. The highest BCUT2D eigenvalue weighted by molar-refractivity contribution is 6.00. The summed E-state index contributed by atoms with van der Waals surface area (Å²) in [6.45, 7) is 1.72.